The molecule has 0 atom stereocenters. The van der Waals surface area contributed by atoms with Gasteiger partial charge in [-0.1, -0.05) is 31.5 Å². The Hall–Kier alpha value is -2.55. The van der Waals surface area contributed by atoms with Gasteiger partial charge in [-0.3, -0.25) is 4.79 Å². The van der Waals surface area contributed by atoms with Crippen LogP contribution in [0.2, 0.25) is 0 Å². The molecule has 3 rings (SSSR count). The van der Waals surface area contributed by atoms with E-state index in [-0.39, 0.29) is 5.43 Å². The Balaban J connectivity index is 2.33. The highest BCUT2D eigenvalue weighted by Crippen LogP contribution is 2.23. The van der Waals surface area contributed by atoms with Crippen molar-refractivity contribution in [1.29, 1.82) is 0 Å². The summed E-state index contributed by atoms with van der Waals surface area (Å²) in [4.78, 5) is 12.0. The predicted octanol–water partition coefficient (Wildman–Crippen LogP) is 3.53. The van der Waals surface area contributed by atoms with Crippen LogP contribution < -0.4 is 11.2 Å². The van der Waals surface area contributed by atoms with Crippen LogP contribution in [-0.2, 0) is 6.42 Å². The van der Waals surface area contributed by atoms with Gasteiger partial charge in [-0.15, -0.1) is 0 Å². The first-order valence-electron chi connectivity index (χ1n) is 7.20. The van der Waals surface area contributed by atoms with Gasteiger partial charge in [0.2, 0.25) is 0 Å². The normalized spacial score (nSPS) is 10.9. The third-order valence-electron chi connectivity index (χ3n) is 3.69. The zero-order chi connectivity index (χ0) is 14.8. The van der Waals surface area contributed by atoms with E-state index in [4.69, 9.17) is 5.73 Å². The predicted molar refractivity (Wildman–Crippen MR) is 88.0 cm³/mol. The maximum absolute atomic E-state index is 12.0. The molecule has 2 aromatic carbocycles. The molecule has 0 aliphatic rings. The average Bonchev–Trinajstić information content (AvgIpc) is 2.50. The van der Waals surface area contributed by atoms with E-state index in [2.05, 4.69) is 17.6 Å². The van der Waals surface area contributed by atoms with Gasteiger partial charge in [0, 0.05) is 23.3 Å². The van der Waals surface area contributed by atoms with E-state index in [9.17, 15) is 4.79 Å². The number of nitrogen functional groups attached to an aromatic ring is 1. The Morgan fingerprint density at radius 1 is 1.10 bits per heavy atom. The molecule has 0 bridgehead atoms. The van der Waals surface area contributed by atoms with Crippen molar-refractivity contribution in [2.24, 2.45) is 0 Å². The Kier molecular flexibility index (Phi) is 3.48. The van der Waals surface area contributed by atoms with Gasteiger partial charge in [-0.2, -0.15) is 0 Å². The maximum atomic E-state index is 12.0. The molecule has 0 spiro atoms. The molecule has 3 aromatic rings. The molecule has 0 radical (unpaired) electrons. The third kappa shape index (κ3) is 2.42. The van der Waals surface area contributed by atoms with Crippen molar-refractivity contribution >= 4 is 16.6 Å². The minimum absolute atomic E-state index is 0.0443. The van der Waals surface area contributed by atoms with Crippen molar-refractivity contribution in [3.8, 4) is 5.69 Å². The average molecular weight is 278 g/mol. The fraction of sp³-hybridized carbons (Fsp3) is 0.167. The van der Waals surface area contributed by atoms with Gasteiger partial charge >= 0.3 is 0 Å². The monoisotopic (exact) mass is 278 g/mol. The summed E-state index contributed by atoms with van der Waals surface area (Å²) in [5, 5.41) is 0.727. The SMILES string of the molecule is CCCc1ccc(N)cc1-n1ccc(=O)c2ccccc21. The summed E-state index contributed by atoms with van der Waals surface area (Å²) in [6.45, 7) is 2.16. The van der Waals surface area contributed by atoms with E-state index in [1.165, 1.54) is 5.56 Å². The van der Waals surface area contributed by atoms with Crippen LogP contribution in [0.5, 0.6) is 0 Å². The summed E-state index contributed by atoms with van der Waals surface area (Å²) in [5.41, 5.74) is 9.93. The minimum Gasteiger partial charge on any atom is -0.399 e. The van der Waals surface area contributed by atoms with Gasteiger partial charge in [-0.25, -0.2) is 0 Å². The van der Waals surface area contributed by atoms with Crippen LogP contribution in [-0.4, -0.2) is 4.57 Å². The molecule has 1 aromatic heterocycles. The number of benzene rings is 2. The lowest BCUT2D eigenvalue weighted by molar-refractivity contribution is 0.904. The Morgan fingerprint density at radius 3 is 2.71 bits per heavy atom. The summed E-state index contributed by atoms with van der Waals surface area (Å²) in [7, 11) is 0. The summed E-state index contributed by atoms with van der Waals surface area (Å²) in [6, 6.07) is 15.3. The van der Waals surface area contributed by atoms with Gasteiger partial charge in [0.25, 0.3) is 0 Å². The molecule has 21 heavy (non-hydrogen) atoms. The van der Waals surface area contributed by atoms with Crippen molar-refractivity contribution in [2.75, 3.05) is 5.73 Å². The maximum Gasteiger partial charge on any atom is 0.189 e. The number of aryl methyl sites for hydroxylation is 1. The smallest absolute Gasteiger partial charge is 0.189 e. The van der Waals surface area contributed by atoms with Crippen LogP contribution in [0.25, 0.3) is 16.6 Å². The zero-order valence-electron chi connectivity index (χ0n) is 12.0. The first-order chi connectivity index (χ1) is 10.2. The lowest BCUT2D eigenvalue weighted by Gasteiger charge is -2.15. The number of aromatic nitrogens is 1. The molecule has 0 unspecified atom stereocenters. The zero-order valence-corrected chi connectivity index (χ0v) is 12.0. The number of fused-ring (bicyclic) bond motifs is 1. The molecule has 0 saturated carbocycles. The molecular weight excluding hydrogens is 260 g/mol. The number of rotatable bonds is 3. The summed E-state index contributed by atoms with van der Waals surface area (Å²) in [6.07, 6.45) is 3.88. The highest BCUT2D eigenvalue weighted by molar-refractivity contribution is 5.80. The Labute approximate surface area is 123 Å². The van der Waals surface area contributed by atoms with Gasteiger partial charge in [0.05, 0.1) is 11.2 Å². The first kappa shape index (κ1) is 13.4. The minimum atomic E-state index is 0.0443. The first-order valence-corrected chi connectivity index (χ1v) is 7.20. The molecule has 0 fully saturated rings. The molecule has 1 heterocycles. The van der Waals surface area contributed by atoms with E-state index in [1.807, 2.05) is 42.6 Å². The Morgan fingerprint density at radius 2 is 1.90 bits per heavy atom. The van der Waals surface area contributed by atoms with Gasteiger partial charge in [0.15, 0.2) is 5.43 Å². The molecule has 3 heteroatoms. The fourth-order valence-corrected chi connectivity index (χ4v) is 2.70. The molecule has 0 amide bonds. The Bertz CT molecular complexity index is 849. The van der Waals surface area contributed by atoms with Crippen molar-refractivity contribution < 1.29 is 0 Å². The van der Waals surface area contributed by atoms with Crippen LogP contribution >= 0.6 is 0 Å². The van der Waals surface area contributed by atoms with Crippen LogP contribution in [0.1, 0.15) is 18.9 Å². The number of hydrogen-bond acceptors (Lipinski definition) is 2. The second kappa shape index (κ2) is 5.44. The molecule has 0 aliphatic carbocycles. The van der Waals surface area contributed by atoms with Crippen molar-refractivity contribution in [1.82, 2.24) is 4.57 Å². The highest BCUT2D eigenvalue weighted by atomic mass is 16.1. The quantitative estimate of drug-likeness (QED) is 0.745. The lowest BCUT2D eigenvalue weighted by Crippen LogP contribution is -2.08. The van der Waals surface area contributed by atoms with Gasteiger partial charge < -0.3 is 10.3 Å². The van der Waals surface area contributed by atoms with Crippen molar-refractivity contribution in [3.05, 3.63) is 70.5 Å². The van der Waals surface area contributed by atoms with Crippen LogP contribution in [0.4, 0.5) is 5.69 Å². The summed E-state index contributed by atoms with van der Waals surface area (Å²) in [5.74, 6) is 0. The number of hydrogen-bond donors (Lipinski definition) is 1. The fourth-order valence-electron chi connectivity index (χ4n) is 2.70. The van der Waals surface area contributed by atoms with Crippen LogP contribution in [0.3, 0.4) is 0 Å². The van der Waals surface area contributed by atoms with E-state index in [1.54, 1.807) is 6.07 Å². The number of pyridine rings is 1. The lowest BCUT2D eigenvalue weighted by atomic mass is 10.1. The number of para-hydroxylation sites is 1. The van der Waals surface area contributed by atoms with E-state index in [0.29, 0.717) is 0 Å². The van der Waals surface area contributed by atoms with Crippen LogP contribution in [0.15, 0.2) is 59.5 Å². The molecule has 106 valence electrons. The second-order valence-electron chi connectivity index (χ2n) is 5.21. The van der Waals surface area contributed by atoms with E-state index in [0.717, 1.165) is 35.1 Å². The van der Waals surface area contributed by atoms with Crippen molar-refractivity contribution in [3.63, 3.8) is 0 Å². The second-order valence-corrected chi connectivity index (χ2v) is 5.21. The standard InChI is InChI=1S/C18H18N2O/c1-2-5-13-8-9-14(19)12-17(13)20-11-10-18(21)15-6-3-4-7-16(15)20/h3-4,6-12H,2,5,19H2,1H3. The summed E-state index contributed by atoms with van der Waals surface area (Å²) < 4.78 is 2.05. The van der Waals surface area contributed by atoms with Gasteiger partial charge in [0.1, 0.15) is 0 Å². The van der Waals surface area contributed by atoms with E-state index < -0.39 is 0 Å². The van der Waals surface area contributed by atoms with Gasteiger partial charge in [-0.05, 0) is 36.2 Å². The summed E-state index contributed by atoms with van der Waals surface area (Å²) >= 11 is 0. The molecule has 2 N–H and O–H groups in total. The third-order valence-corrected chi connectivity index (χ3v) is 3.69. The molecule has 0 aliphatic heterocycles. The van der Waals surface area contributed by atoms with Crippen molar-refractivity contribution in [2.45, 2.75) is 19.8 Å². The topological polar surface area (TPSA) is 48.0 Å². The highest BCUT2D eigenvalue weighted by Gasteiger charge is 2.08. The van der Waals surface area contributed by atoms with E-state index >= 15 is 0 Å². The molecule has 0 saturated heterocycles. The number of nitrogens with two attached hydrogens (primary N) is 1. The number of nitrogens with zero attached hydrogens (tertiary/aromatic N) is 1. The number of anilines is 1. The largest absolute Gasteiger partial charge is 0.399 e. The van der Waals surface area contributed by atoms with Crippen LogP contribution in [0, 0.1) is 0 Å². The molecule has 3 nitrogen and oxygen atoms in total. The molecular formula is C18H18N2O.